The van der Waals surface area contributed by atoms with Crippen LogP contribution in [0.4, 0.5) is 5.69 Å². The van der Waals surface area contributed by atoms with Crippen molar-refractivity contribution in [3.05, 3.63) is 58.6 Å². The molecule has 0 heterocycles. The molecule has 0 saturated heterocycles. The van der Waals surface area contributed by atoms with Crippen LogP contribution < -0.4 is 11.1 Å². The lowest BCUT2D eigenvalue weighted by Gasteiger charge is -2.09. The van der Waals surface area contributed by atoms with Gasteiger partial charge in [-0.15, -0.1) is 0 Å². The van der Waals surface area contributed by atoms with Gasteiger partial charge in [0.05, 0.1) is 5.02 Å². The van der Waals surface area contributed by atoms with Crippen molar-refractivity contribution in [3.63, 3.8) is 0 Å². The molecule has 0 atom stereocenters. The number of nitrogens with one attached hydrogen (secondary N) is 1. The fourth-order valence-corrected chi connectivity index (χ4v) is 1.85. The molecule has 5 heteroatoms. The molecule has 0 aromatic heterocycles. The average molecular weight is 277 g/mol. The van der Waals surface area contributed by atoms with Crippen LogP contribution >= 0.6 is 11.6 Å². The molecule has 0 spiro atoms. The van der Waals surface area contributed by atoms with E-state index in [0.29, 0.717) is 22.7 Å². The fourth-order valence-electron chi connectivity index (χ4n) is 1.65. The van der Waals surface area contributed by atoms with E-state index >= 15 is 0 Å². The van der Waals surface area contributed by atoms with Gasteiger partial charge in [-0.2, -0.15) is 0 Å². The number of primary amides is 1. The van der Waals surface area contributed by atoms with Crippen molar-refractivity contribution in [1.82, 2.24) is 0 Å². The number of carbonyl (C=O) groups excluding carboxylic acids is 1. The van der Waals surface area contributed by atoms with Crippen molar-refractivity contribution in [2.75, 3.05) is 5.32 Å². The second kappa shape index (κ2) is 5.63. The first-order valence-electron chi connectivity index (χ1n) is 5.68. The number of hydrogen-bond donors (Lipinski definition) is 3. The fraction of sp³-hybridized carbons (Fsp3) is 0.0714. The number of halogens is 1. The smallest absolute Gasteiger partial charge is 0.248 e. The van der Waals surface area contributed by atoms with Crippen LogP contribution in [0, 0.1) is 0 Å². The standard InChI is InChI=1S/C14H13ClN2O2/c15-12-3-1-2-10(13(12)18)8-17-11-6-4-9(5-7-11)14(16)19/h1-7,17-18H,8H2,(H2,16,19). The summed E-state index contributed by atoms with van der Waals surface area (Å²) in [5.41, 5.74) is 7.14. The molecule has 0 bridgehead atoms. The number of amides is 1. The SMILES string of the molecule is NC(=O)c1ccc(NCc2cccc(Cl)c2O)cc1. The molecule has 0 unspecified atom stereocenters. The predicted octanol–water partition coefficient (Wildman–Crippen LogP) is 2.76. The van der Waals surface area contributed by atoms with E-state index in [1.54, 1.807) is 42.5 Å². The van der Waals surface area contributed by atoms with Crippen molar-refractivity contribution >= 4 is 23.2 Å². The highest BCUT2D eigenvalue weighted by molar-refractivity contribution is 6.32. The largest absolute Gasteiger partial charge is 0.506 e. The molecule has 2 rings (SSSR count). The number of aromatic hydroxyl groups is 1. The quantitative estimate of drug-likeness (QED) is 0.804. The minimum Gasteiger partial charge on any atom is -0.506 e. The van der Waals surface area contributed by atoms with Gasteiger partial charge in [-0.05, 0) is 30.3 Å². The number of benzene rings is 2. The molecule has 98 valence electrons. The van der Waals surface area contributed by atoms with E-state index in [4.69, 9.17) is 17.3 Å². The summed E-state index contributed by atoms with van der Waals surface area (Å²) in [6, 6.07) is 12.0. The molecular formula is C14H13ClN2O2. The summed E-state index contributed by atoms with van der Waals surface area (Å²) >= 11 is 5.82. The van der Waals surface area contributed by atoms with Gasteiger partial charge in [0.25, 0.3) is 0 Å². The van der Waals surface area contributed by atoms with E-state index < -0.39 is 5.91 Å². The third kappa shape index (κ3) is 3.17. The molecule has 2 aromatic rings. The van der Waals surface area contributed by atoms with Crippen LogP contribution in [0.15, 0.2) is 42.5 Å². The summed E-state index contributed by atoms with van der Waals surface area (Å²) in [7, 11) is 0. The lowest BCUT2D eigenvalue weighted by Crippen LogP contribution is -2.10. The Bertz CT molecular complexity index is 597. The van der Waals surface area contributed by atoms with E-state index in [1.165, 1.54) is 0 Å². The van der Waals surface area contributed by atoms with E-state index in [-0.39, 0.29) is 5.75 Å². The maximum atomic E-state index is 10.9. The Kier molecular flexibility index (Phi) is 3.92. The average Bonchev–Trinajstić information content (AvgIpc) is 2.41. The Hall–Kier alpha value is -2.20. The zero-order chi connectivity index (χ0) is 13.8. The van der Waals surface area contributed by atoms with Crippen molar-refractivity contribution in [1.29, 1.82) is 0 Å². The van der Waals surface area contributed by atoms with E-state index in [2.05, 4.69) is 5.32 Å². The highest BCUT2D eigenvalue weighted by Crippen LogP contribution is 2.27. The molecule has 0 aliphatic heterocycles. The zero-order valence-corrected chi connectivity index (χ0v) is 10.8. The minimum absolute atomic E-state index is 0.0745. The summed E-state index contributed by atoms with van der Waals surface area (Å²) in [6.07, 6.45) is 0. The van der Waals surface area contributed by atoms with Crippen LogP contribution in [0.1, 0.15) is 15.9 Å². The zero-order valence-electron chi connectivity index (χ0n) is 10.1. The lowest BCUT2D eigenvalue weighted by molar-refractivity contribution is 0.100. The molecule has 0 aliphatic carbocycles. The summed E-state index contributed by atoms with van der Waals surface area (Å²) in [6.45, 7) is 0.433. The van der Waals surface area contributed by atoms with Crippen LogP contribution in [-0.4, -0.2) is 11.0 Å². The number of rotatable bonds is 4. The second-order valence-electron chi connectivity index (χ2n) is 4.04. The summed E-state index contributed by atoms with van der Waals surface area (Å²) in [5.74, 6) is -0.385. The third-order valence-electron chi connectivity index (χ3n) is 2.72. The van der Waals surface area contributed by atoms with Gasteiger partial charge in [-0.3, -0.25) is 4.79 Å². The Morgan fingerprint density at radius 1 is 1.21 bits per heavy atom. The van der Waals surface area contributed by atoms with E-state index in [1.807, 2.05) is 0 Å². The minimum atomic E-state index is -0.459. The van der Waals surface area contributed by atoms with Crippen molar-refractivity contribution in [3.8, 4) is 5.75 Å². The number of phenolic OH excluding ortho intramolecular Hbond substituents is 1. The molecule has 2 aromatic carbocycles. The molecule has 0 aliphatic rings. The van der Waals surface area contributed by atoms with Gasteiger partial charge in [-0.1, -0.05) is 23.7 Å². The normalized spacial score (nSPS) is 10.2. The summed E-state index contributed by atoms with van der Waals surface area (Å²) in [4.78, 5) is 10.9. The highest BCUT2D eigenvalue weighted by atomic mass is 35.5. The van der Waals surface area contributed by atoms with Crippen LogP contribution in [0.3, 0.4) is 0 Å². The van der Waals surface area contributed by atoms with Gasteiger partial charge in [0.1, 0.15) is 5.75 Å². The number of para-hydroxylation sites is 1. The molecule has 19 heavy (non-hydrogen) atoms. The lowest BCUT2D eigenvalue weighted by atomic mass is 10.1. The monoisotopic (exact) mass is 276 g/mol. The molecule has 1 amide bonds. The number of carbonyl (C=O) groups is 1. The van der Waals surface area contributed by atoms with Gasteiger partial charge >= 0.3 is 0 Å². The second-order valence-corrected chi connectivity index (χ2v) is 4.45. The molecular weight excluding hydrogens is 264 g/mol. The van der Waals surface area contributed by atoms with Gasteiger partial charge in [-0.25, -0.2) is 0 Å². The van der Waals surface area contributed by atoms with Crippen LogP contribution in [0.2, 0.25) is 5.02 Å². The van der Waals surface area contributed by atoms with Gasteiger partial charge in [0.15, 0.2) is 0 Å². The maximum Gasteiger partial charge on any atom is 0.248 e. The molecule has 0 fully saturated rings. The molecule has 4 N–H and O–H groups in total. The maximum absolute atomic E-state index is 10.9. The van der Waals surface area contributed by atoms with Gasteiger partial charge < -0.3 is 16.2 Å². The molecule has 4 nitrogen and oxygen atoms in total. The molecule has 0 radical (unpaired) electrons. The Balaban J connectivity index is 2.06. The summed E-state index contributed by atoms with van der Waals surface area (Å²) < 4.78 is 0. The van der Waals surface area contributed by atoms with Crippen LogP contribution in [0.5, 0.6) is 5.75 Å². The van der Waals surface area contributed by atoms with Gasteiger partial charge in [0.2, 0.25) is 5.91 Å². The topological polar surface area (TPSA) is 75.4 Å². The Labute approximate surface area is 115 Å². The van der Waals surface area contributed by atoms with Crippen molar-refractivity contribution in [2.24, 2.45) is 5.73 Å². The predicted molar refractivity (Wildman–Crippen MR) is 75.4 cm³/mol. The highest BCUT2D eigenvalue weighted by Gasteiger charge is 2.05. The molecule has 0 saturated carbocycles. The number of anilines is 1. The van der Waals surface area contributed by atoms with Gasteiger partial charge in [0, 0.05) is 23.4 Å². The number of phenols is 1. The Morgan fingerprint density at radius 2 is 1.89 bits per heavy atom. The summed E-state index contributed by atoms with van der Waals surface area (Å²) in [5, 5.41) is 13.2. The van der Waals surface area contributed by atoms with Crippen LogP contribution in [-0.2, 0) is 6.54 Å². The van der Waals surface area contributed by atoms with E-state index in [0.717, 1.165) is 5.69 Å². The van der Waals surface area contributed by atoms with Crippen molar-refractivity contribution in [2.45, 2.75) is 6.54 Å². The first-order chi connectivity index (χ1) is 9.08. The number of hydrogen-bond acceptors (Lipinski definition) is 3. The number of nitrogens with two attached hydrogens (primary N) is 1. The first kappa shape index (κ1) is 13.2. The van der Waals surface area contributed by atoms with Crippen LogP contribution in [0.25, 0.3) is 0 Å². The third-order valence-corrected chi connectivity index (χ3v) is 3.03. The Morgan fingerprint density at radius 3 is 2.53 bits per heavy atom. The first-order valence-corrected chi connectivity index (χ1v) is 6.06. The van der Waals surface area contributed by atoms with E-state index in [9.17, 15) is 9.90 Å². The van der Waals surface area contributed by atoms with Crippen molar-refractivity contribution < 1.29 is 9.90 Å².